The average molecular weight is 254 g/mol. The molecule has 0 radical (unpaired) electrons. The lowest BCUT2D eigenvalue weighted by molar-refractivity contribution is -0.385. The minimum atomic E-state index is -0.843. The predicted octanol–water partition coefficient (Wildman–Crippen LogP) is 1.81. The van der Waals surface area contributed by atoms with Crippen LogP contribution in [-0.2, 0) is 0 Å². The van der Waals surface area contributed by atoms with E-state index in [9.17, 15) is 15.2 Å². The first kappa shape index (κ1) is 14.2. The van der Waals surface area contributed by atoms with Gasteiger partial charge in [-0.3, -0.25) is 10.1 Å². The third-order valence-electron chi connectivity index (χ3n) is 2.42. The molecule has 6 nitrogen and oxygen atoms in total. The topological polar surface area (TPSA) is 75.8 Å². The zero-order valence-corrected chi connectivity index (χ0v) is 11.0. The molecule has 0 aromatic heterocycles. The molecule has 0 amide bonds. The summed E-state index contributed by atoms with van der Waals surface area (Å²) in [4.78, 5) is 12.1. The summed E-state index contributed by atoms with van der Waals surface area (Å²) >= 11 is 0. The van der Waals surface area contributed by atoms with E-state index in [2.05, 4.69) is 0 Å². The Hall–Kier alpha value is -1.82. The molecule has 1 aromatic carbocycles. The standard InChI is InChI=1S/C12H18N2O4/c1-12(2,15)8-13(3)9-5-6-10(14(16)17)11(7-9)18-4/h5-7,15H,8H2,1-4H3. The molecule has 0 aliphatic heterocycles. The SMILES string of the molecule is COc1cc(N(C)CC(C)(C)O)ccc1[N+](=O)[O-]. The van der Waals surface area contributed by atoms with E-state index < -0.39 is 10.5 Å². The summed E-state index contributed by atoms with van der Waals surface area (Å²) in [6.45, 7) is 3.81. The normalized spacial score (nSPS) is 11.2. The van der Waals surface area contributed by atoms with E-state index in [1.807, 2.05) is 4.90 Å². The van der Waals surface area contributed by atoms with E-state index in [1.54, 1.807) is 33.0 Å². The summed E-state index contributed by atoms with van der Waals surface area (Å²) < 4.78 is 5.00. The molecular formula is C12H18N2O4. The molecule has 1 aromatic rings. The van der Waals surface area contributed by atoms with E-state index in [0.717, 1.165) is 5.69 Å². The van der Waals surface area contributed by atoms with E-state index in [4.69, 9.17) is 4.74 Å². The van der Waals surface area contributed by atoms with Crippen molar-refractivity contribution >= 4 is 11.4 Å². The number of likely N-dealkylation sites (N-methyl/N-ethyl adjacent to an activating group) is 1. The van der Waals surface area contributed by atoms with Gasteiger partial charge in [0.1, 0.15) is 0 Å². The van der Waals surface area contributed by atoms with Crippen LogP contribution in [0.5, 0.6) is 5.75 Å². The minimum Gasteiger partial charge on any atom is -0.490 e. The van der Waals surface area contributed by atoms with Crippen LogP contribution in [-0.4, -0.2) is 36.3 Å². The highest BCUT2D eigenvalue weighted by molar-refractivity contribution is 5.59. The Labute approximate surface area is 106 Å². The van der Waals surface area contributed by atoms with Crippen LogP contribution in [0.2, 0.25) is 0 Å². The van der Waals surface area contributed by atoms with Crippen LogP contribution in [0.4, 0.5) is 11.4 Å². The number of nitrogens with zero attached hydrogens (tertiary/aromatic N) is 2. The molecule has 0 fully saturated rings. The third kappa shape index (κ3) is 3.59. The Balaban J connectivity index is 3.02. The van der Waals surface area contributed by atoms with Crippen molar-refractivity contribution in [1.82, 2.24) is 0 Å². The van der Waals surface area contributed by atoms with Gasteiger partial charge < -0.3 is 14.7 Å². The van der Waals surface area contributed by atoms with Crippen LogP contribution in [0.25, 0.3) is 0 Å². The molecule has 0 unspecified atom stereocenters. The number of nitro groups is 1. The highest BCUT2D eigenvalue weighted by atomic mass is 16.6. The van der Waals surface area contributed by atoms with E-state index in [1.165, 1.54) is 13.2 Å². The van der Waals surface area contributed by atoms with Gasteiger partial charge in [0, 0.05) is 31.4 Å². The molecule has 0 saturated heterocycles. The summed E-state index contributed by atoms with van der Waals surface area (Å²) in [5, 5.41) is 20.5. The Morgan fingerprint density at radius 1 is 1.50 bits per heavy atom. The van der Waals surface area contributed by atoms with Gasteiger partial charge in [0.25, 0.3) is 0 Å². The van der Waals surface area contributed by atoms with Crippen molar-refractivity contribution in [2.45, 2.75) is 19.4 Å². The fourth-order valence-corrected chi connectivity index (χ4v) is 1.73. The molecule has 0 aliphatic rings. The van der Waals surface area contributed by atoms with Crippen LogP contribution in [0.1, 0.15) is 13.8 Å². The lowest BCUT2D eigenvalue weighted by Crippen LogP contribution is -2.36. The van der Waals surface area contributed by atoms with Gasteiger partial charge in [-0.1, -0.05) is 0 Å². The summed E-state index contributed by atoms with van der Waals surface area (Å²) in [5.41, 5.74) is -0.165. The number of nitro benzene ring substituents is 1. The molecule has 1 rings (SSSR count). The monoisotopic (exact) mass is 254 g/mol. The number of aliphatic hydroxyl groups is 1. The number of benzene rings is 1. The summed E-state index contributed by atoms with van der Waals surface area (Å²) in [7, 11) is 3.20. The summed E-state index contributed by atoms with van der Waals surface area (Å²) in [5.74, 6) is 0.208. The molecular weight excluding hydrogens is 236 g/mol. The molecule has 1 N–H and O–H groups in total. The number of hydrogen-bond donors (Lipinski definition) is 1. The van der Waals surface area contributed by atoms with Gasteiger partial charge in [0.05, 0.1) is 17.6 Å². The highest BCUT2D eigenvalue weighted by Crippen LogP contribution is 2.31. The van der Waals surface area contributed by atoms with Gasteiger partial charge in [-0.2, -0.15) is 0 Å². The Bertz CT molecular complexity index is 440. The first-order valence-electron chi connectivity index (χ1n) is 5.50. The molecule has 0 aliphatic carbocycles. The zero-order valence-electron chi connectivity index (χ0n) is 11.0. The van der Waals surface area contributed by atoms with E-state index in [-0.39, 0.29) is 11.4 Å². The van der Waals surface area contributed by atoms with Gasteiger partial charge in [0.15, 0.2) is 5.75 Å². The van der Waals surface area contributed by atoms with Gasteiger partial charge in [-0.05, 0) is 19.9 Å². The van der Waals surface area contributed by atoms with Gasteiger partial charge in [0.2, 0.25) is 0 Å². The number of methoxy groups -OCH3 is 1. The second kappa shape index (κ2) is 5.22. The maximum absolute atomic E-state index is 10.8. The molecule has 0 saturated carbocycles. The molecule has 6 heteroatoms. The third-order valence-corrected chi connectivity index (χ3v) is 2.42. The Morgan fingerprint density at radius 2 is 2.11 bits per heavy atom. The number of ether oxygens (including phenoxy) is 1. The van der Waals surface area contributed by atoms with Crippen LogP contribution in [0.15, 0.2) is 18.2 Å². The summed E-state index contributed by atoms with van der Waals surface area (Å²) in [6.07, 6.45) is 0. The van der Waals surface area contributed by atoms with Crippen molar-refractivity contribution in [3.63, 3.8) is 0 Å². The summed E-state index contributed by atoms with van der Waals surface area (Å²) in [6, 6.07) is 4.62. The van der Waals surface area contributed by atoms with Crippen molar-refractivity contribution in [1.29, 1.82) is 0 Å². The van der Waals surface area contributed by atoms with E-state index >= 15 is 0 Å². The maximum atomic E-state index is 10.8. The van der Waals surface area contributed by atoms with Gasteiger partial charge in [-0.25, -0.2) is 0 Å². The molecule has 18 heavy (non-hydrogen) atoms. The quantitative estimate of drug-likeness (QED) is 0.640. The van der Waals surface area contributed by atoms with Crippen molar-refractivity contribution < 1.29 is 14.8 Å². The van der Waals surface area contributed by atoms with Crippen LogP contribution < -0.4 is 9.64 Å². The van der Waals surface area contributed by atoms with Gasteiger partial charge in [-0.15, -0.1) is 0 Å². The van der Waals surface area contributed by atoms with Crippen LogP contribution in [0.3, 0.4) is 0 Å². The first-order valence-corrected chi connectivity index (χ1v) is 5.50. The zero-order chi connectivity index (χ0) is 13.9. The van der Waals surface area contributed by atoms with Gasteiger partial charge >= 0.3 is 5.69 Å². The van der Waals surface area contributed by atoms with Crippen molar-refractivity contribution in [2.75, 3.05) is 25.6 Å². The maximum Gasteiger partial charge on any atom is 0.311 e. The largest absolute Gasteiger partial charge is 0.490 e. The Kier molecular flexibility index (Phi) is 4.13. The lowest BCUT2D eigenvalue weighted by atomic mass is 10.1. The molecule has 100 valence electrons. The molecule has 0 bridgehead atoms. The number of rotatable bonds is 5. The fourth-order valence-electron chi connectivity index (χ4n) is 1.73. The second-order valence-corrected chi connectivity index (χ2v) is 4.78. The highest BCUT2D eigenvalue weighted by Gasteiger charge is 2.19. The molecule has 0 atom stereocenters. The first-order chi connectivity index (χ1) is 8.24. The lowest BCUT2D eigenvalue weighted by Gasteiger charge is -2.27. The van der Waals surface area contributed by atoms with Crippen LogP contribution >= 0.6 is 0 Å². The van der Waals surface area contributed by atoms with Crippen molar-refractivity contribution in [3.8, 4) is 5.75 Å². The average Bonchev–Trinajstić information content (AvgIpc) is 2.25. The van der Waals surface area contributed by atoms with Crippen molar-refractivity contribution in [3.05, 3.63) is 28.3 Å². The second-order valence-electron chi connectivity index (χ2n) is 4.78. The predicted molar refractivity (Wildman–Crippen MR) is 69.2 cm³/mol. The number of hydrogen-bond acceptors (Lipinski definition) is 5. The Morgan fingerprint density at radius 3 is 2.56 bits per heavy atom. The number of anilines is 1. The van der Waals surface area contributed by atoms with Crippen LogP contribution in [0, 0.1) is 10.1 Å². The molecule has 0 spiro atoms. The molecule has 0 heterocycles. The fraction of sp³-hybridized carbons (Fsp3) is 0.500. The van der Waals surface area contributed by atoms with E-state index in [0.29, 0.717) is 6.54 Å². The smallest absolute Gasteiger partial charge is 0.311 e. The minimum absolute atomic E-state index is 0.0714. The van der Waals surface area contributed by atoms with Crippen molar-refractivity contribution in [2.24, 2.45) is 0 Å².